The van der Waals surface area contributed by atoms with Gasteiger partial charge in [-0.3, -0.25) is 4.55 Å². The molecule has 1 atom stereocenters. The van der Waals surface area contributed by atoms with Crippen LogP contribution in [-0.2, 0) is 15.5 Å². The fourth-order valence-corrected chi connectivity index (χ4v) is 2.50. The molecule has 0 aliphatic carbocycles. The molecule has 0 saturated heterocycles. The van der Waals surface area contributed by atoms with Gasteiger partial charge in [-0.2, -0.15) is 8.42 Å². The van der Waals surface area contributed by atoms with E-state index in [-0.39, 0.29) is 67.7 Å². The van der Waals surface area contributed by atoms with Gasteiger partial charge in [-0.05, 0) is 30.7 Å². The third-order valence-corrected chi connectivity index (χ3v) is 4.29. The van der Waals surface area contributed by atoms with Gasteiger partial charge in [0.15, 0.2) is 0 Å². The molecule has 1 heterocycles. The Balaban J connectivity index is 0.00000144. The van der Waals surface area contributed by atoms with Crippen molar-refractivity contribution >= 4 is 67.2 Å². The Morgan fingerprint density at radius 1 is 1.35 bits per heavy atom. The van der Waals surface area contributed by atoms with E-state index in [9.17, 15) is 8.42 Å². The van der Waals surface area contributed by atoms with E-state index in [1.54, 1.807) is 12.1 Å². The standard InChI is InChI=1S/C11H15NO3S.K/c1-7-11(2,3)9-6-8(16(13,14)15)4-5-10(9)12-7;/h4-7,12H,1-3H3,(H,13,14,15);. The largest absolute Gasteiger partial charge is 0.381 e. The molecule has 1 aromatic rings. The molecule has 89 valence electrons. The van der Waals surface area contributed by atoms with Crippen molar-refractivity contribution in [2.75, 3.05) is 5.32 Å². The van der Waals surface area contributed by atoms with Gasteiger partial charge in [-0.25, -0.2) is 0 Å². The topological polar surface area (TPSA) is 66.4 Å². The maximum Gasteiger partial charge on any atom is 0.294 e. The summed E-state index contributed by atoms with van der Waals surface area (Å²) in [5.41, 5.74) is 1.72. The van der Waals surface area contributed by atoms with Crippen molar-refractivity contribution in [2.45, 2.75) is 37.1 Å². The van der Waals surface area contributed by atoms with Gasteiger partial charge >= 0.3 is 0 Å². The minimum atomic E-state index is -4.12. The average Bonchev–Trinajstić information content (AvgIpc) is 2.37. The number of benzene rings is 1. The summed E-state index contributed by atoms with van der Waals surface area (Å²) in [6, 6.07) is 4.89. The molecule has 6 heteroatoms. The quantitative estimate of drug-likeness (QED) is 0.606. The molecule has 0 saturated carbocycles. The van der Waals surface area contributed by atoms with E-state index in [0.29, 0.717) is 0 Å². The van der Waals surface area contributed by atoms with Crippen molar-refractivity contribution in [1.29, 1.82) is 0 Å². The van der Waals surface area contributed by atoms with Crippen LogP contribution in [0, 0.1) is 0 Å². The second-order valence-corrected chi connectivity index (χ2v) is 6.19. The van der Waals surface area contributed by atoms with Crippen molar-refractivity contribution in [3.05, 3.63) is 23.8 Å². The van der Waals surface area contributed by atoms with Crippen molar-refractivity contribution in [1.82, 2.24) is 0 Å². The molecule has 17 heavy (non-hydrogen) atoms. The number of hydrogen-bond acceptors (Lipinski definition) is 3. The summed E-state index contributed by atoms with van der Waals surface area (Å²) in [6.45, 7) is 6.14. The summed E-state index contributed by atoms with van der Waals surface area (Å²) >= 11 is 0. The molecule has 2 rings (SSSR count). The second-order valence-electron chi connectivity index (χ2n) is 4.77. The minimum Gasteiger partial charge on any atom is -0.381 e. The predicted molar refractivity (Wildman–Crippen MR) is 68.1 cm³/mol. The molecule has 2 N–H and O–H groups in total. The molecule has 1 unspecified atom stereocenters. The van der Waals surface area contributed by atoms with E-state index in [0.717, 1.165) is 11.3 Å². The first kappa shape index (κ1) is 15.6. The fourth-order valence-electron chi connectivity index (χ4n) is 1.99. The molecule has 1 aliphatic rings. The summed E-state index contributed by atoms with van der Waals surface area (Å²) in [7, 11) is -4.12. The first-order valence-corrected chi connectivity index (χ1v) is 6.55. The Morgan fingerprint density at radius 3 is 2.47 bits per heavy atom. The van der Waals surface area contributed by atoms with E-state index < -0.39 is 10.1 Å². The molecule has 0 amide bonds. The Bertz CT molecular complexity index is 540. The third kappa shape index (κ3) is 2.78. The zero-order valence-electron chi connectivity index (χ0n) is 10.5. The van der Waals surface area contributed by atoms with E-state index in [4.69, 9.17) is 4.55 Å². The number of hydrogen-bond donors (Lipinski definition) is 2. The molecule has 0 spiro atoms. The van der Waals surface area contributed by atoms with E-state index >= 15 is 0 Å². The molecule has 0 bridgehead atoms. The number of rotatable bonds is 1. The molecular formula is C11H15KNO3S. The zero-order chi connectivity index (χ0) is 12.1. The van der Waals surface area contributed by atoms with Gasteiger partial charge in [0.1, 0.15) is 0 Å². The van der Waals surface area contributed by atoms with Gasteiger partial charge in [0.2, 0.25) is 0 Å². The first-order chi connectivity index (χ1) is 7.23. The molecule has 4 nitrogen and oxygen atoms in total. The van der Waals surface area contributed by atoms with Crippen molar-refractivity contribution in [3.8, 4) is 0 Å². The van der Waals surface area contributed by atoms with Gasteiger partial charge in [0.25, 0.3) is 10.1 Å². The summed E-state index contributed by atoms with van der Waals surface area (Å²) in [5.74, 6) is 0. The van der Waals surface area contributed by atoms with Crippen LogP contribution in [0.1, 0.15) is 26.3 Å². The third-order valence-electron chi connectivity index (χ3n) is 3.44. The minimum absolute atomic E-state index is 0. The zero-order valence-corrected chi connectivity index (χ0v) is 14.4. The summed E-state index contributed by atoms with van der Waals surface area (Å²) < 4.78 is 31.1. The normalized spacial score (nSPS) is 21.3. The van der Waals surface area contributed by atoms with Crippen molar-refractivity contribution < 1.29 is 13.0 Å². The van der Waals surface area contributed by atoms with Gasteiger partial charge in [-0.1, -0.05) is 13.8 Å². The van der Waals surface area contributed by atoms with Crippen molar-refractivity contribution in [3.63, 3.8) is 0 Å². The maximum absolute atomic E-state index is 11.1. The molecule has 0 fully saturated rings. The van der Waals surface area contributed by atoms with Gasteiger partial charge in [0, 0.05) is 68.5 Å². The van der Waals surface area contributed by atoms with E-state index in [2.05, 4.69) is 5.32 Å². The van der Waals surface area contributed by atoms with Crippen molar-refractivity contribution in [2.24, 2.45) is 0 Å². The maximum atomic E-state index is 11.1. The van der Waals surface area contributed by atoms with Crippen LogP contribution in [-0.4, -0.2) is 70.4 Å². The van der Waals surface area contributed by atoms with Crippen LogP contribution in [0.4, 0.5) is 5.69 Å². The van der Waals surface area contributed by atoms with Gasteiger partial charge < -0.3 is 5.32 Å². The molecule has 1 aliphatic heterocycles. The van der Waals surface area contributed by atoms with Crippen LogP contribution in [0.2, 0.25) is 0 Å². The van der Waals surface area contributed by atoms with Crippen LogP contribution in [0.3, 0.4) is 0 Å². The number of nitrogens with one attached hydrogen (secondary N) is 1. The van der Waals surface area contributed by atoms with Crippen LogP contribution in [0.15, 0.2) is 23.1 Å². The Morgan fingerprint density at radius 2 is 1.94 bits per heavy atom. The number of fused-ring (bicyclic) bond motifs is 1. The average molecular weight is 280 g/mol. The molecule has 1 radical (unpaired) electrons. The Hall–Kier alpha value is 0.566. The predicted octanol–water partition coefficient (Wildman–Crippen LogP) is 1.64. The fraction of sp³-hybridized carbons (Fsp3) is 0.455. The smallest absolute Gasteiger partial charge is 0.294 e. The summed E-state index contributed by atoms with van der Waals surface area (Å²) in [5, 5.41) is 3.29. The summed E-state index contributed by atoms with van der Waals surface area (Å²) in [6.07, 6.45) is 0. The second kappa shape index (κ2) is 4.92. The van der Waals surface area contributed by atoms with Crippen LogP contribution < -0.4 is 5.32 Å². The first-order valence-electron chi connectivity index (χ1n) is 5.11. The number of anilines is 1. The molecule has 1 aromatic carbocycles. The van der Waals surface area contributed by atoms with Crippen LogP contribution in [0.5, 0.6) is 0 Å². The van der Waals surface area contributed by atoms with Crippen LogP contribution >= 0.6 is 0 Å². The molecule has 0 aromatic heterocycles. The monoisotopic (exact) mass is 280 g/mol. The Kier molecular flexibility index (Phi) is 4.52. The SMILES string of the molecule is CC1Nc2ccc(S(=O)(=O)O)cc2C1(C)C.[K]. The summed E-state index contributed by atoms with van der Waals surface area (Å²) in [4.78, 5) is -0.0461. The molecular weight excluding hydrogens is 265 g/mol. The van der Waals surface area contributed by atoms with Crippen LogP contribution in [0.25, 0.3) is 0 Å². The van der Waals surface area contributed by atoms with E-state index in [1.807, 2.05) is 20.8 Å². The van der Waals surface area contributed by atoms with Gasteiger partial charge in [-0.15, -0.1) is 0 Å². The van der Waals surface area contributed by atoms with Gasteiger partial charge in [0.05, 0.1) is 4.90 Å². The Labute approximate surface area is 144 Å². The van der Waals surface area contributed by atoms with E-state index in [1.165, 1.54) is 6.07 Å².